The lowest BCUT2D eigenvalue weighted by Gasteiger charge is -2.41. The molecule has 1 atom stereocenters. The number of carbonyl (C=O) groups is 2. The Balaban J connectivity index is 1.77. The van der Waals surface area contributed by atoms with E-state index in [4.69, 9.17) is 15.2 Å². The fourth-order valence-corrected chi connectivity index (χ4v) is 3.72. The third-order valence-corrected chi connectivity index (χ3v) is 5.32. The van der Waals surface area contributed by atoms with Crippen LogP contribution in [0.2, 0.25) is 0 Å². The van der Waals surface area contributed by atoms with Crippen LogP contribution in [0.5, 0.6) is 11.5 Å². The summed E-state index contributed by atoms with van der Waals surface area (Å²) in [6, 6.07) is 12.6. The molecule has 0 aromatic heterocycles. The van der Waals surface area contributed by atoms with Gasteiger partial charge in [0.1, 0.15) is 17.5 Å². The van der Waals surface area contributed by atoms with Gasteiger partial charge < -0.3 is 25.0 Å². The molecule has 1 aliphatic rings. The number of para-hydroxylation sites is 1. The van der Waals surface area contributed by atoms with Gasteiger partial charge in [-0.25, -0.2) is 0 Å². The van der Waals surface area contributed by atoms with Crippen LogP contribution in [0.3, 0.4) is 0 Å². The van der Waals surface area contributed by atoms with Gasteiger partial charge in [-0.1, -0.05) is 24.3 Å². The van der Waals surface area contributed by atoms with Crippen LogP contribution in [-0.2, 0) is 16.0 Å². The average molecular weight is 397 g/mol. The SMILES string of the molecule is COc1ccc(CC(=O)N2CCN(c3ccccc3C)CC2C(N)=O)c(OC)c1. The highest BCUT2D eigenvalue weighted by atomic mass is 16.5. The number of anilines is 1. The quantitative estimate of drug-likeness (QED) is 0.803. The molecule has 0 spiro atoms. The van der Waals surface area contributed by atoms with Crippen molar-refractivity contribution in [3.63, 3.8) is 0 Å². The molecule has 2 aromatic rings. The zero-order chi connectivity index (χ0) is 21.0. The summed E-state index contributed by atoms with van der Waals surface area (Å²) in [4.78, 5) is 28.9. The van der Waals surface area contributed by atoms with Gasteiger partial charge >= 0.3 is 0 Å². The first-order chi connectivity index (χ1) is 13.9. The van der Waals surface area contributed by atoms with Crippen molar-refractivity contribution < 1.29 is 19.1 Å². The zero-order valence-electron chi connectivity index (χ0n) is 17.1. The lowest BCUT2D eigenvalue weighted by atomic mass is 10.1. The van der Waals surface area contributed by atoms with Crippen LogP contribution >= 0.6 is 0 Å². The maximum Gasteiger partial charge on any atom is 0.242 e. The second-order valence-corrected chi connectivity index (χ2v) is 7.09. The van der Waals surface area contributed by atoms with Crippen LogP contribution in [0.1, 0.15) is 11.1 Å². The zero-order valence-corrected chi connectivity index (χ0v) is 17.1. The number of ether oxygens (including phenoxy) is 2. The predicted molar refractivity (Wildman–Crippen MR) is 111 cm³/mol. The van der Waals surface area contributed by atoms with Crippen LogP contribution in [0, 0.1) is 6.92 Å². The first kappa shape index (κ1) is 20.5. The number of hydrogen-bond acceptors (Lipinski definition) is 5. The van der Waals surface area contributed by atoms with E-state index in [2.05, 4.69) is 4.90 Å². The third kappa shape index (κ3) is 4.45. The van der Waals surface area contributed by atoms with Gasteiger partial charge in [0.2, 0.25) is 11.8 Å². The van der Waals surface area contributed by atoms with Crippen LogP contribution < -0.4 is 20.1 Å². The van der Waals surface area contributed by atoms with E-state index in [1.807, 2.05) is 31.2 Å². The first-order valence-corrected chi connectivity index (χ1v) is 9.55. The van der Waals surface area contributed by atoms with Gasteiger partial charge in [0, 0.05) is 37.0 Å². The molecule has 0 radical (unpaired) electrons. The molecule has 3 rings (SSSR count). The van der Waals surface area contributed by atoms with E-state index in [1.165, 1.54) is 0 Å². The highest BCUT2D eigenvalue weighted by Crippen LogP contribution is 2.27. The fraction of sp³-hybridized carbons (Fsp3) is 0.364. The molecule has 29 heavy (non-hydrogen) atoms. The van der Waals surface area contributed by atoms with Gasteiger partial charge in [-0.15, -0.1) is 0 Å². The van der Waals surface area contributed by atoms with Crippen molar-refractivity contribution in [1.82, 2.24) is 4.90 Å². The minimum Gasteiger partial charge on any atom is -0.497 e. The maximum absolute atomic E-state index is 13.0. The molecule has 2 N–H and O–H groups in total. The van der Waals surface area contributed by atoms with Gasteiger partial charge in [0.15, 0.2) is 0 Å². The third-order valence-electron chi connectivity index (χ3n) is 5.32. The number of piperazine rings is 1. The monoisotopic (exact) mass is 397 g/mol. The molecule has 1 aliphatic heterocycles. The van der Waals surface area contributed by atoms with E-state index >= 15 is 0 Å². The van der Waals surface area contributed by atoms with Gasteiger partial charge in [0.25, 0.3) is 0 Å². The number of primary amides is 1. The van der Waals surface area contributed by atoms with Crippen LogP contribution in [-0.4, -0.2) is 56.6 Å². The number of rotatable bonds is 6. The smallest absolute Gasteiger partial charge is 0.242 e. The van der Waals surface area contributed by atoms with Crippen molar-refractivity contribution in [2.75, 3.05) is 38.8 Å². The van der Waals surface area contributed by atoms with E-state index in [0.717, 1.165) is 16.8 Å². The summed E-state index contributed by atoms with van der Waals surface area (Å²) in [6.07, 6.45) is 0.126. The average Bonchev–Trinajstić information content (AvgIpc) is 2.73. The van der Waals surface area contributed by atoms with Crippen LogP contribution in [0.4, 0.5) is 5.69 Å². The van der Waals surface area contributed by atoms with Gasteiger partial charge in [-0.05, 0) is 24.6 Å². The van der Waals surface area contributed by atoms with E-state index in [9.17, 15) is 9.59 Å². The molecule has 0 saturated carbocycles. The lowest BCUT2D eigenvalue weighted by molar-refractivity contribution is -0.139. The number of carbonyl (C=O) groups excluding carboxylic acids is 2. The van der Waals surface area contributed by atoms with Crippen molar-refractivity contribution >= 4 is 17.5 Å². The lowest BCUT2D eigenvalue weighted by Crippen LogP contribution is -2.60. The summed E-state index contributed by atoms with van der Waals surface area (Å²) in [5.74, 6) is 0.576. The van der Waals surface area contributed by atoms with Crippen molar-refractivity contribution in [1.29, 1.82) is 0 Å². The molecular weight excluding hydrogens is 370 g/mol. The van der Waals surface area contributed by atoms with Crippen molar-refractivity contribution in [3.05, 3.63) is 53.6 Å². The molecule has 1 saturated heterocycles. The molecule has 1 fully saturated rings. The standard InChI is InChI=1S/C22H27N3O4/c1-15-6-4-5-7-18(15)24-10-11-25(19(14-24)22(23)27)21(26)12-16-8-9-17(28-2)13-20(16)29-3/h4-9,13,19H,10-12,14H2,1-3H3,(H2,23,27). The number of benzene rings is 2. The van der Waals surface area contributed by atoms with E-state index < -0.39 is 11.9 Å². The summed E-state index contributed by atoms with van der Waals surface area (Å²) < 4.78 is 10.6. The molecule has 7 heteroatoms. The number of nitrogens with zero attached hydrogens (tertiary/aromatic N) is 2. The Morgan fingerprint density at radius 3 is 2.52 bits per heavy atom. The highest BCUT2D eigenvalue weighted by Gasteiger charge is 2.34. The molecule has 7 nitrogen and oxygen atoms in total. The Kier molecular flexibility index (Phi) is 6.26. The second kappa shape index (κ2) is 8.86. The summed E-state index contributed by atoms with van der Waals surface area (Å²) in [5.41, 5.74) is 8.58. The topological polar surface area (TPSA) is 85.1 Å². The Bertz CT molecular complexity index is 899. The summed E-state index contributed by atoms with van der Waals surface area (Å²) >= 11 is 0. The predicted octanol–water partition coefficient (Wildman–Crippen LogP) is 1.76. The van der Waals surface area contributed by atoms with Gasteiger partial charge in [-0.2, -0.15) is 0 Å². The van der Waals surface area contributed by atoms with E-state index in [-0.39, 0.29) is 12.3 Å². The Morgan fingerprint density at radius 2 is 1.86 bits per heavy atom. The number of methoxy groups -OCH3 is 2. The van der Waals surface area contributed by atoms with Crippen molar-refractivity contribution in [2.45, 2.75) is 19.4 Å². The number of amides is 2. The summed E-state index contributed by atoms with van der Waals surface area (Å²) in [5, 5.41) is 0. The first-order valence-electron chi connectivity index (χ1n) is 9.55. The molecule has 1 heterocycles. The normalized spacial score (nSPS) is 16.4. The van der Waals surface area contributed by atoms with Crippen molar-refractivity contribution in [3.8, 4) is 11.5 Å². The second-order valence-electron chi connectivity index (χ2n) is 7.09. The summed E-state index contributed by atoms with van der Waals surface area (Å²) in [7, 11) is 3.13. The number of aryl methyl sites for hydroxylation is 1. The van der Waals surface area contributed by atoms with Crippen LogP contribution in [0.15, 0.2) is 42.5 Å². The molecule has 154 valence electrons. The van der Waals surface area contributed by atoms with E-state index in [1.54, 1.807) is 37.3 Å². The largest absolute Gasteiger partial charge is 0.497 e. The highest BCUT2D eigenvalue weighted by molar-refractivity contribution is 5.89. The van der Waals surface area contributed by atoms with Crippen LogP contribution in [0.25, 0.3) is 0 Å². The van der Waals surface area contributed by atoms with Crippen molar-refractivity contribution in [2.24, 2.45) is 5.73 Å². The van der Waals surface area contributed by atoms with Gasteiger partial charge in [-0.3, -0.25) is 9.59 Å². The molecule has 2 aromatic carbocycles. The van der Waals surface area contributed by atoms with E-state index in [0.29, 0.717) is 31.1 Å². The molecule has 2 amide bonds. The summed E-state index contributed by atoms with van der Waals surface area (Å²) in [6.45, 7) is 3.48. The number of hydrogen-bond donors (Lipinski definition) is 1. The Morgan fingerprint density at radius 1 is 1.10 bits per heavy atom. The minimum atomic E-state index is -0.680. The molecule has 0 bridgehead atoms. The molecule has 1 unspecified atom stereocenters. The molecular formula is C22H27N3O4. The minimum absolute atomic E-state index is 0.126. The fourth-order valence-electron chi connectivity index (χ4n) is 3.72. The Hall–Kier alpha value is -3.22. The Labute approximate surface area is 171 Å². The maximum atomic E-state index is 13.0. The number of nitrogens with two attached hydrogens (primary N) is 1. The van der Waals surface area contributed by atoms with Gasteiger partial charge in [0.05, 0.1) is 20.6 Å². The molecule has 0 aliphatic carbocycles.